The Bertz CT molecular complexity index is 599. The first-order valence-electron chi connectivity index (χ1n) is 7.90. The minimum atomic E-state index is -0.0899. The zero-order valence-electron chi connectivity index (χ0n) is 12.8. The summed E-state index contributed by atoms with van der Waals surface area (Å²) in [7, 11) is 0. The summed E-state index contributed by atoms with van der Waals surface area (Å²) in [4.78, 5) is 11.8. The Balaban J connectivity index is 1.91. The van der Waals surface area contributed by atoms with Crippen molar-refractivity contribution in [3.05, 3.63) is 24.2 Å². The molecule has 114 valence electrons. The van der Waals surface area contributed by atoms with E-state index >= 15 is 0 Å². The molecule has 0 bridgehead atoms. The standard InChI is InChI=1S/C16H23ClN4/c1-3-9-20-10-6-13(7-11-20)21-15(12(2)17)19-14-5-4-8-18-16(14)21/h4-5,8,12-13H,3,6-7,9-11H2,1-2H3. The lowest BCUT2D eigenvalue weighted by atomic mass is 10.0. The Labute approximate surface area is 131 Å². The first-order valence-corrected chi connectivity index (χ1v) is 8.33. The second-order valence-electron chi connectivity index (χ2n) is 5.87. The van der Waals surface area contributed by atoms with Gasteiger partial charge in [-0.15, -0.1) is 11.6 Å². The fourth-order valence-electron chi connectivity index (χ4n) is 3.31. The Morgan fingerprint density at radius 1 is 1.38 bits per heavy atom. The van der Waals surface area contributed by atoms with Gasteiger partial charge in [-0.1, -0.05) is 6.92 Å². The van der Waals surface area contributed by atoms with E-state index in [1.165, 1.54) is 13.0 Å². The van der Waals surface area contributed by atoms with E-state index in [1.807, 2.05) is 25.3 Å². The van der Waals surface area contributed by atoms with Crippen molar-refractivity contribution in [3.8, 4) is 0 Å². The van der Waals surface area contributed by atoms with Gasteiger partial charge in [0.2, 0.25) is 0 Å². The average Bonchev–Trinajstić information content (AvgIpc) is 2.88. The van der Waals surface area contributed by atoms with E-state index in [0.717, 1.165) is 42.9 Å². The second kappa shape index (κ2) is 6.32. The normalized spacial score (nSPS) is 19.2. The summed E-state index contributed by atoms with van der Waals surface area (Å²) < 4.78 is 2.29. The van der Waals surface area contributed by atoms with E-state index in [9.17, 15) is 0 Å². The third-order valence-electron chi connectivity index (χ3n) is 4.29. The van der Waals surface area contributed by atoms with Crippen molar-refractivity contribution in [1.29, 1.82) is 0 Å². The van der Waals surface area contributed by atoms with Crippen molar-refractivity contribution in [2.45, 2.75) is 44.5 Å². The predicted molar refractivity (Wildman–Crippen MR) is 86.8 cm³/mol. The smallest absolute Gasteiger partial charge is 0.160 e. The van der Waals surface area contributed by atoms with Crippen molar-refractivity contribution < 1.29 is 0 Å². The Morgan fingerprint density at radius 3 is 2.81 bits per heavy atom. The van der Waals surface area contributed by atoms with E-state index in [4.69, 9.17) is 16.6 Å². The topological polar surface area (TPSA) is 34.0 Å². The van der Waals surface area contributed by atoms with E-state index in [2.05, 4.69) is 21.4 Å². The van der Waals surface area contributed by atoms with E-state index in [1.54, 1.807) is 0 Å². The largest absolute Gasteiger partial charge is 0.308 e. The average molecular weight is 307 g/mol. The molecule has 0 aromatic carbocycles. The molecule has 1 atom stereocenters. The van der Waals surface area contributed by atoms with Crippen LogP contribution in [0.1, 0.15) is 50.4 Å². The molecule has 1 aliphatic rings. The van der Waals surface area contributed by atoms with Crippen LogP contribution in [0.2, 0.25) is 0 Å². The molecule has 0 spiro atoms. The molecule has 0 N–H and O–H groups in total. The number of aromatic nitrogens is 3. The minimum absolute atomic E-state index is 0.0899. The van der Waals surface area contributed by atoms with Gasteiger partial charge in [0.1, 0.15) is 11.3 Å². The Morgan fingerprint density at radius 2 is 2.14 bits per heavy atom. The molecule has 2 aromatic rings. The molecule has 1 unspecified atom stereocenters. The van der Waals surface area contributed by atoms with Crippen LogP contribution in [0.25, 0.3) is 11.2 Å². The summed E-state index contributed by atoms with van der Waals surface area (Å²) in [6, 6.07) is 4.43. The van der Waals surface area contributed by atoms with Gasteiger partial charge in [-0.2, -0.15) is 0 Å². The van der Waals surface area contributed by atoms with E-state index < -0.39 is 0 Å². The number of imidazole rings is 1. The molecule has 3 heterocycles. The van der Waals surface area contributed by atoms with Gasteiger partial charge < -0.3 is 9.47 Å². The lowest BCUT2D eigenvalue weighted by Crippen LogP contribution is -2.35. The fourth-order valence-corrected chi connectivity index (χ4v) is 3.46. The number of halogens is 1. The number of rotatable bonds is 4. The lowest BCUT2D eigenvalue weighted by molar-refractivity contribution is 0.187. The molecule has 0 aliphatic carbocycles. The number of likely N-dealkylation sites (tertiary alicyclic amines) is 1. The molecule has 4 nitrogen and oxygen atoms in total. The highest BCUT2D eigenvalue weighted by Crippen LogP contribution is 2.31. The van der Waals surface area contributed by atoms with Gasteiger partial charge in [0.15, 0.2) is 5.65 Å². The van der Waals surface area contributed by atoms with E-state index in [-0.39, 0.29) is 5.38 Å². The first-order chi connectivity index (χ1) is 10.2. The summed E-state index contributed by atoms with van der Waals surface area (Å²) >= 11 is 6.36. The van der Waals surface area contributed by atoms with Crippen LogP contribution in [0.15, 0.2) is 18.3 Å². The highest BCUT2D eigenvalue weighted by molar-refractivity contribution is 6.20. The van der Waals surface area contributed by atoms with Crippen LogP contribution < -0.4 is 0 Å². The molecule has 1 aliphatic heterocycles. The van der Waals surface area contributed by atoms with Crippen LogP contribution in [0.5, 0.6) is 0 Å². The van der Waals surface area contributed by atoms with Gasteiger partial charge >= 0.3 is 0 Å². The van der Waals surface area contributed by atoms with Crippen LogP contribution in [-0.4, -0.2) is 39.1 Å². The Hall–Kier alpha value is -1.13. The highest BCUT2D eigenvalue weighted by Gasteiger charge is 2.26. The summed E-state index contributed by atoms with van der Waals surface area (Å²) in [5, 5.41) is -0.0899. The minimum Gasteiger partial charge on any atom is -0.308 e. The number of hydrogen-bond donors (Lipinski definition) is 0. The molecule has 2 aromatic heterocycles. The third-order valence-corrected chi connectivity index (χ3v) is 4.49. The first kappa shape index (κ1) is 14.8. The number of nitrogens with zero attached hydrogens (tertiary/aromatic N) is 4. The molecular weight excluding hydrogens is 284 g/mol. The van der Waals surface area contributed by atoms with Gasteiger partial charge in [-0.3, -0.25) is 0 Å². The van der Waals surface area contributed by atoms with Gasteiger partial charge in [0.05, 0.1) is 5.38 Å². The van der Waals surface area contributed by atoms with Crippen LogP contribution in [-0.2, 0) is 0 Å². The van der Waals surface area contributed by atoms with Gasteiger partial charge in [0, 0.05) is 25.3 Å². The SMILES string of the molecule is CCCN1CCC(n2c(C(C)Cl)nc3cccnc32)CC1. The summed E-state index contributed by atoms with van der Waals surface area (Å²) in [5.41, 5.74) is 1.94. The zero-order chi connectivity index (χ0) is 14.8. The number of alkyl halides is 1. The van der Waals surface area contributed by atoms with Crippen LogP contribution in [0.3, 0.4) is 0 Å². The second-order valence-corrected chi connectivity index (χ2v) is 6.53. The molecule has 1 saturated heterocycles. The van der Waals surface area contributed by atoms with Crippen molar-refractivity contribution >= 4 is 22.8 Å². The van der Waals surface area contributed by atoms with Crippen molar-refractivity contribution in [2.75, 3.05) is 19.6 Å². The number of piperidine rings is 1. The van der Waals surface area contributed by atoms with E-state index in [0.29, 0.717) is 6.04 Å². The molecule has 0 radical (unpaired) electrons. The number of fused-ring (bicyclic) bond motifs is 1. The molecule has 5 heteroatoms. The maximum absolute atomic E-state index is 6.36. The van der Waals surface area contributed by atoms with Crippen molar-refractivity contribution in [2.24, 2.45) is 0 Å². The number of pyridine rings is 1. The third kappa shape index (κ3) is 2.92. The van der Waals surface area contributed by atoms with Crippen molar-refractivity contribution in [1.82, 2.24) is 19.4 Å². The van der Waals surface area contributed by atoms with Crippen LogP contribution in [0.4, 0.5) is 0 Å². The lowest BCUT2D eigenvalue weighted by Gasteiger charge is -2.33. The quantitative estimate of drug-likeness (QED) is 0.806. The molecule has 0 saturated carbocycles. The fraction of sp³-hybridized carbons (Fsp3) is 0.625. The van der Waals surface area contributed by atoms with Gasteiger partial charge in [0.25, 0.3) is 0 Å². The zero-order valence-corrected chi connectivity index (χ0v) is 13.6. The maximum atomic E-state index is 6.36. The van der Waals surface area contributed by atoms with Crippen molar-refractivity contribution in [3.63, 3.8) is 0 Å². The molecule has 0 amide bonds. The molecule has 1 fully saturated rings. The summed E-state index contributed by atoms with van der Waals surface area (Å²) in [6.07, 6.45) is 5.37. The monoisotopic (exact) mass is 306 g/mol. The van der Waals surface area contributed by atoms with Crippen LogP contribution >= 0.6 is 11.6 Å². The Kier molecular flexibility index (Phi) is 4.45. The van der Waals surface area contributed by atoms with Gasteiger partial charge in [-0.05, 0) is 44.9 Å². The van der Waals surface area contributed by atoms with Crippen LogP contribution in [0, 0.1) is 0 Å². The molecule has 21 heavy (non-hydrogen) atoms. The summed E-state index contributed by atoms with van der Waals surface area (Å²) in [6.45, 7) is 7.74. The predicted octanol–water partition coefficient (Wildman–Crippen LogP) is 3.78. The highest BCUT2D eigenvalue weighted by atomic mass is 35.5. The van der Waals surface area contributed by atoms with Gasteiger partial charge in [-0.25, -0.2) is 9.97 Å². The molecular formula is C16H23ClN4. The molecule has 3 rings (SSSR count). The maximum Gasteiger partial charge on any atom is 0.160 e. The summed E-state index contributed by atoms with van der Waals surface area (Å²) in [5.74, 6) is 0.958. The number of hydrogen-bond acceptors (Lipinski definition) is 3.